The van der Waals surface area contributed by atoms with Crippen molar-refractivity contribution in [1.29, 1.82) is 0 Å². The Balaban J connectivity index is 3.56. The third kappa shape index (κ3) is 2.35. The molecule has 1 aromatic carbocycles. The normalized spacial score (nSPS) is 12.1. The molecule has 1 aromatic rings. The maximum absolute atomic E-state index is 10.7. The van der Waals surface area contributed by atoms with E-state index in [1.165, 1.54) is 0 Å². The summed E-state index contributed by atoms with van der Waals surface area (Å²) in [7, 11) is 3.35. The molecule has 3 nitrogen and oxygen atoms in total. The first-order chi connectivity index (χ1) is 8.49. The summed E-state index contributed by atoms with van der Waals surface area (Å²) in [5.74, 6) is 1.90. The fraction of sp³-hybridized carbons (Fsp3) is 0.533. The van der Waals surface area contributed by atoms with Crippen LogP contribution in [0.25, 0.3) is 0 Å². The van der Waals surface area contributed by atoms with Crippen LogP contribution in [0.3, 0.4) is 0 Å². The molecule has 3 heteroatoms. The van der Waals surface area contributed by atoms with Gasteiger partial charge >= 0.3 is 0 Å². The molecule has 0 aliphatic carbocycles. The van der Waals surface area contributed by atoms with Crippen LogP contribution < -0.4 is 9.47 Å². The summed E-state index contributed by atoms with van der Waals surface area (Å²) in [4.78, 5) is 10.7. The highest BCUT2D eigenvalue weighted by Crippen LogP contribution is 2.41. The molecule has 0 spiro atoms. The Kier molecular flexibility index (Phi) is 4.76. The van der Waals surface area contributed by atoms with Crippen LogP contribution in [0, 0.1) is 20.8 Å². The van der Waals surface area contributed by atoms with Gasteiger partial charge in [-0.15, -0.1) is 0 Å². The predicted octanol–water partition coefficient (Wildman–Crippen LogP) is 3.32. The molecule has 1 atom stereocenters. The molecule has 0 saturated carbocycles. The summed E-state index contributed by atoms with van der Waals surface area (Å²) >= 11 is 0. The second-order valence-electron chi connectivity index (χ2n) is 4.66. The van der Waals surface area contributed by atoms with Gasteiger partial charge in [0.2, 0.25) is 0 Å². The average molecular weight is 250 g/mol. The lowest BCUT2D eigenvalue weighted by molar-refractivity contribution is -0.108. The number of methoxy groups -OCH3 is 2. The van der Waals surface area contributed by atoms with Crippen LogP contribution in [0.15, 0.2) is 0 Å². The van der Waals surface area contributed by atoms with Crippen molar-refractivity contribution < 1.29 is 14.3 Å². The molecule has 18 heavy (non-hydrogen) atoms. The van der Waals surface area contributed by atoms with E-state index in [2.05, 4.69) is 0 Å². The zero-order valence-corrected chi connectivity index (χ0v) is 12.1. The van der Waals surface area contributed by atoms with E-state index in [0.29, 0.717) is 6.42 Å². The van der Waals surface area contributed by atoms with E-state index in [1.54, 1.807) is 14.2 Å². The highest BCUT2D eigenvalue weighted by molar-refractivity contribution is 5.61. The molecular formula is C15H22O3. The van der Waals surface area contributed by atoms with Crippen LogP contribution in [0.4, 0.5) is 0 Å². The minimum absolute atomic E-state index is 0.130. The van der Waals surface area contributed by atoms with Gasteiger partial charge in [0.15, 0.2) is 0 Å². The Morgan fingerprint density at radius 2 is 1.50 bits per heavy atom. The van der Waals surface area contributed by atoms with E-state index in [-0.39, 0.29) is 5.92 Å². The third-order valence-electron chi connectivity index (χ3n) is 3.58. The largest absolute Gasteiger partial charge is 0.496 e. The molecule has 0 heterocycles. The van der Waals surface area contributed by atoms with E-state index in [4.69, 9.17) is 9.47 Å². The standard InChI is InChI=1S/C15H22O3/c1-9(7-8-16)13-12(4)14(17-5)10(2)11(3)15(13)18-6/h8-9H,7H2,1-6H3/t9-/m0/s1. The smallest absolute Gasteiger partial charge is 0.126 e. The Labute approximate surface area is 109 Å². The van der Waals surface area contributed by atoms with Gasteiger partial charge in [-0.1, -0.05) is 6.92 Å². The van der Waals surface area contributed by atoms with Crippen molar-refractivity contribution in [1.82, 2.24) is 0 Å². The zero-order chi connectivity index (χ0) is 13.9. The van der Waals surface area contributed by atoms with Crippen LogP contribution in [-0.4, -0.2) is 20.5 Å². The lowest BCUT2D eigenvalue weighted by Gasteiger charge is -2.23. The summed E-state index contributed by atoms with van der Waals surface area (Å²) in [5.41, 5.74) is 4.30. The molecule has 0 unspecified atom stereocenters. The first-order valence-electron chi connectivity index (χ1n) is 6.14. The summed E-state index contributed by atoms with van der Waals surface area (Å²) < 4.78 is 11.0. The molecule has 0 radical (unpaired) electrons. The summed E-state index contributed by atoms with van der Waals surface area (Å²) in [6.07, 6.45) is 1.44. The molecule has 1 rings (SSSR count). The Hall–Kier alpha value is -1.51. The Morgan fingerprint density at radius 3 is 1.94 bits per heavy atom. The zero-order valence-electron chi connectivity index (χ0n) is 12.1. The molecule has 0 bridgehead atoms. The molecule has 0 aliphatic rings. The minimum atomic E-state index is 0.130. The van der Waals surface area contributed by atoms with Crippen molar-refractivity contribution in [2.24, 2.45) is 0 Å². The topological polar surface area (TPSA) is 35.5 Å². The van der Waals surface area contributed by atoms with Crippen molar-refractivity contribution in [2.75, 3.05) is 14.2 Å². The van der Waals surface area contributed by atoms with Crippen LogP contribution in [-0.2, 0) is 4.79 Å². The second kappa shape index (κ2) is 5.89. The lowest BCUT2D eigenvalue weighted by atomic mass is 9.88. The van der Waals surface area contributed by atoms with E-state index < -0.39 is 0 Å². The quantitative estimate of drug-likeness (QED) is 0.752. The van der Waals surface area contributed by atoms with Gasteiger partial charge < -0.3 is 14.3 Å². The van der Waals surface area contributed by atoms with Crippen molar-refractivity contribution in [3.05, 3.63) is 22.3 Å². The van der Waals surface area contributed by atoms with Gasteiger partial charge in [-0.2, -0.15) is 0 Å². The van der Waals surface area contributed by atoms with Crippen LogP contribution in [0.5, 0.6) is 11.5 Å². The van der Waals surface area contributed by atoms with E-state index in [0.717, 1.165) is 40.0 Å². The van der Waals surface area contributed by atoms with Crippen molar-refractivity contribution in [3.63, 3.8) is 0 Å². The summed E-state index contributed by atoms with van der Waals surface area (Å²) in [6, 6.07) is 0. The Bertz CT molecular complexity index is 450. The van der Waals surface area contributed by atoms with Gasteiger partial charge in [0.1, 0.15) is 17.8 Å². The summed E-state index contributed by atoms with van der Waals surface area (Å²) in [6.45, 7) is 8.10. The minimum Gasteiger partial charge on any atom is -0.496 e. The second-order valence-corrected chi connectivity index (χ2v) is 4.66. The Morgan fingerprint density at radius 1 is 1.00 bits per heavy atom. The summed E-state index contributed by atoms with van der Waals surface area (Å²) in [5, 5.41) is 0. The maximum Gasteiger partial charge on any atom is 0.126 e. The van der Waals surface area contributed by atoms with E-state index in [1.807, 2.05) is 27.7 Å². The van der Waals surface area contributed by atoms with Crippen molar-refractivity contribution in [2.45, 2.75) is 40.0 Å². The van der Waals surface area contributed by atoms with Crippen LogP contribution in [0.2, 0.25) is 0 Å². The first kappa shape index (κ1) is 14.6. The first-order valence-corrected chi connectivity index (χ1v) is 6.14. The van der Waals surface area contributed by atoms with Gasteiger partial charge in [-0.05, 0) is 43.4 Å². The number of rotatable bonds is 5. The molecule has 0 fully saturated rings. The van der Waals surface area contributed by atoms with E-state index in [9.17, 15) is 4.79 Å². The van der Waals surface area contributed by atoms with Crippen LogP contribution >= 0.6 is 0 Å². The third-order valence-corrected chi connectivity index (χ3v) is 3.58. The molecule has 0 N–H and O–H groups in total. The lowest BCUT2D eigenvalue weighted by Crippen LogP contribution is -2.07. The molecule has 0 amide bonds. The van der Waals surface area contributed by atoms with Crippen molar-refractivity contribution in [3.8, 4) is 11.5 Å². The highest BCUT2D eigenvalue weighted by Gasteiger charge is 2.22. The number of aldehydes is 1. The molecular weight excluding hydrogens is 228 g/mol. The maximum atomic E-state index is 10.7. The van der Waals surface area contributed by atoms with Gasteiger partial charge in [0.05, 0.1) is 14.2 Å². The number of ether oxygens (including phenoxy) is 2. The molecule has 0 saturated heterocycles. The number of hydrogen-bond donors (Lipinski definition) is 0. The fourth-order valence-electron chi connectivity index (χ4n) is 2.54. The number of benzene rings is 1. The van der Waals surface area contributed by atoms with Gasteiger partial charge in [-0.25, -0.2) is 0 Å². The predicted molar refractivity (Wildman–Crippen MR) is 72.9 cm³/mol. The van der Waals surface area contributed by atoms with Gasteiger partial charge in [0, 0.05) is 12.0 Å². The van der Waals surface area contributed by atoms with Crippen LogP contribution in [0.1, 0.15) is 41.5 Å². The van der Waals surface area contributed by atoms with Gasteiger partial charge in [-0.3, -0.25) is 0 Å². The average Bonchev–Trinajstić information content (AvgIpc) is 2.34. The van der Waals surface area contributed by atoms with E-state index >= 15 is 0 Å². The number of carbonyl (C=O) groups is 1. The fourth-order valence-corrected chi connectivity index (χ4v) is 2.54. The molecule has 100 valence electrons. The number of carbonyl (C=O) groups excluding carboxylic acids is 1. The van der Waals surface area contributed by atoms with Gasteiger partial charge in [0.25, 0.3) is 0 Å². The van der Waals surface area contributed by atoms with Crippen molar-refractivity contribution >= 4 is 6.29 Å². The SMILES string of the molecule is COc1c(C)c(C)c(OC)c([C@@H](C)CC=O)c1C. The monoisotopic (exact) mass is 250 g/mol. The molecule has 0 aliphatic heterocycles. The molecule has 0 aromatic heterocycles. The number of hydrogen-bond acceptors (Lipinski definition) is 3. The highest BCUT2D eigenvalue weighted by atomic mass is 16.5.